The second-order valence-electron chi connectivity index (χ2n) is 5.74. The molecule has 28 heavy (non-hydrogen) atoms. The van der Waals surface area contributed by atoms with E-state index < -0.39 is 11.9 Å². The lowest BCUT2D eigenvalue weighted by molar-refractivity contribution is -0.139. The molecule has 7 nitrogen and oxygen atoms in total. The standard InChI is InChI=1S/C20H21ClN2O5/c1-4-10-22-18(24)13-8-9-15(21)16(12-13)23-11-6-5-7-14(19(25)27-2)17(23)20(26)28-3/h5-9,11-12H,4,10H2,1-3H3,(H,22,24). The van der Waals surface area contributed by atoms with Gasteiger partial charge < -0.3 is 19.7 Å². The van der Waals surface area contributed by atoms with E-state index in [9.17, 15) is 14.4 Å². The minimum atomic E-state index is -0.756. The number of hydrogen-bond acceptors (Lipinski definition) is 6. The van der Waals surface area contributed by atoms with Gasteiger partial charge in [-0.15, -0.1) is 0 Å². The van der Waals surface area contributed by atoms with Crippen LogP contribution in [0.1, 0.15) is 23.7 Å². The molecule has 0 spiro atoms. The van der Waals surface area contributed by atoms with Crippen molar-refractivity contribution in [1.82, 2.24) is 5.32 Å². The molecule has 148 valence electrons. The maximum Gasteiger partial charge on any atom is 0.355 e. The molecule has 1 N–H and O–H groups in total. The average molecular weight is 405 g/mol. The highest BCUT2D eigenvalue weighted by Crippen LogP contribution is 2.33. The van der Waals surface area contributed by atoms with Crippen molar-refractivity contribution >= 4 is 35.1 Å². The fourth-order valence-electron chi connectivity index (χ4n) is 2.53. The summed E-state index contributed by atoms with van der Waals surface area (Å²) in [4.78, 5) is 38.4. The summed E-state index contributed by atoms with van der Waals surface area (Å²) in [7, 11) is 2.42. The fraction of sp³-hybridized carbons (Fsp3) is 0.250. The van der Waals surface area contributed by atoms with E-state index >= 15 is 0 Å². The lowest BCUT2D eigenvalue weighted by Gasteiger charge is -2.24. The summed E-state index contributed by atoms with van der Waals surface area (Å²) in [6.07, 6.45) is 7.00. The Morgan fingerprint density at radius 3 is 2.46 bits per heavy atom. The number of amides is 1. The van der Waals surface area contributed by atoms with Crippen molar-refractivity contribution in [2.45, 2.75) is 13.3 Å². The Morgan fingerprint density at radius 2 is 1.82 bits per heavy atom. The van der Waals surface area contributed by atoms with Gasteiger partial charge in [0.1, 0.15) is 5.70 Å². The van der Waals surface area contributed by atoms with Crippen molar-refractivity contribution in [3.63, 3.8) is 0 Å². The molecule has 0 unspecified atom stereocenters. The highest BCUT2D eigenvalue weighted by atomic mass is 35.5. The topological polar surface area (TPSA) is 84.9 Å². The second-order valence-corrected chi connectivity index (χ2v) is 6.15. The molecule has 0 saturated carbocycles. The van der Waals surface area contributed by atoms with Crippen LogP contribution in [-0.2, 0) is 19.1 Å². The summed E-state index contributed by atoms with van der Waals surface area (Å²) in [6.45, 7) is 2.48. The number of benzene rings is 1. The van der Waals surface area contributed by atoms with Crippen molar-refractivity contribution in [3.05, 3.63) is 64.5 Å². The molecular formula is C20H21ClN2O5. The molecule has 0 aliphatic carbocycles. The number of esters is 2. The first-order chi connectivity index (χ1) is 13.4. The zero-order valence-corrected chi connectivity index (χ0v) is 16.6. The third-order valence-electron chi connectivity index (χ3n) is 3.89. The van der Waals surface area contributed by atoms with Crippen LogP contribution < -0.4 is 10.2 Å². The van der Waals surface area contributed by atoms with Crippen LogP contribution in [0.3, 0.4) is 0 Å². The van der Waals surface area contributed by atoms with E-state index in [4.69, 9.17) is 21.1 Å². The summed E-state index contributed by atoms with van der Waals surface area (Å²) in [5.41, 5.74) is 0.624. The molecule has 0 fully saturated rings. The number of rotatable bonds is 6. The highest BCUT2D eigenvalue weighted by Gasteiger charge is 2.28. The van der Waals surface area contributed by atoms with Crippen LogP contribution >= 0.6 is 11.6 Å². The van der Waals surface area contributed by atoms with E-state index in [1.54, 1.807) is 36.6 Å². The Morgan fingerprint density at radius 1 is 1.11 bits per heavy atom. The monoisotopic (exact) mass is 404 g/mol. The minimum Gasteiger partial charge on any atom is -0.465 e. The van der Waals surface area contributed by atoms with Crippen molar-refractivity contribution < 1.29 is 23.9 Å². The van der Waals surface area contributed by atoms with Gasteiger partial charge in [-0.2, -0.15) is 0 Å². The van der Waals surface area contributed by atoms with Crippen LogP contribution in [0.15, 0.2) is 53.9 Å². The summed E-state index contributed by atoms with van der Waals surface area (Å²) >= 11 is 6.35. The molecule has 1 heterocycles. The van der Waals surface area contributed by atoms with Gasteiger partial charge in [0, 0.05) is 18.3 Å². The minimum absolute atomic E-state index is 0.00347. The predicted octanol–water partition coefficient (Wildman–Crippen LogP) is 2.97. The number of hydrogen-bond donors (Lipinski definition) is 1. The zero-order valence-electron chi connectivity index (χ0n) is 15.8. The van der Waals surface area contributed by atoms with Gasteiger partial charge in [0.15, 0.2) is 0 Å². The first-order valence-electron chi connectivity index (χ1n) is 8.57. The molecule has 1 aliphatic rings. The van der Waals surface area contributed by atoms with Crippen molar-refractivity contribution in [2.24, 2.45) is 0 Å². The van der Waals surface area contributed by atoms with Crippen molar-refractivity contribution in [3.8, 4) is 0 Å². The quantitative estimate of drug-likeness (QED) is 0.734. The third kappa shape index (κ3) is 4.61. The molecular weight excluding hydrogens is 384 g/mol. The van der Waals surface area contributed by atoms with Crippen molar-refractivity contribution in [1.29, 1.82) is 0 Å². The smallest absolute Gasteiger partial charge is 0.355 e. The number of carbonyl (C=O) groups is 3. The summed E-state index contributed by atoms with van der Waals surface area (Å²) < 4.78 is 9.64. The van der Waals surface area contributed by atoms with Crippen LogP contribution in [-0.4, -0.2) is 38.6 Å². The van der Waals surface area contributed by atoms with Gasteiger partial charge in [-0.25, -0.2) is 9.59 Å². The first kappa shape index (κ1) is 21.2. The summed E-state index contributed by atoms with van der Waals surface area (Å²) in [5.74, 6) is -1.74. The molecule has 8 heteroatoms. The zero-order chi connectivity index (χ0) is 20.7. The van der Waals surface area contributed by atoms with Gasteiger partial charge in [-0.05, 0) is 36.8 Å². The lowest BCUT2D eigenvalue weighted by atomic mass is 10.1. The molecule has 1 aliphatic heterocycles. The average Bonchev–Trinajstić information content (AvgIpc) is 2.94. The summed E-state index contributed by atoms with van der Waals surface area (Å²) in [5, 5.41) is 3.06. The predicted molar refractivity (Wildman–Crippen MR) is 106 cm³/mol. The molecule has 0 saturated heterocycles. The molecule has 1 amide bonds. The number of allylic oxidation sites excluding steroid dienone is 2. The van der Waals surface area contributed by atoms with E-state index in [2.05, 4.69) is 5.32 Å². The van der Waals surface area contributed by atoms with Gasteiger partial charge in [-0.3, -0.25) is 4.79 Å². The Kier molecular flexibility index (Phi) is 7.40. The lowest BCUT2D eigenvalue weighted by Crippen LogP contribution is -2.28. The largest absolute Gasteiger partial charge is 0.465 e. The molecule has 1 aromatic carbocycles. The van der Waals surface area contributed by atoms with Crippen LogP contribution in [0.5, 0.6) is 0 Å². The molecule has 0 atom stereocenters. The van der Waals surface area contributed by atoms with E-state index in [1.807, 2.05) is 6.92 Å². The number of ether oxygens (including phenoxy) is 2. The van der Waals surface area contributed by atoms with Crippen molar-refractivity contribution in [2.75, 3.05) is 25.7 Å². The Labute approximate surface area is 168 Å². The van der Waals surface area contributed by atoms with Gasteiger partial charge in [0.2, 0.25) is 0 Å². The normalized spacial score (nSPS) is 13.2. The number of methoxy groups -OCH3 is 2. The molecule has 2 rings (SSSR count). The number of halogens is 1. The Balaban J connectivity index is 2.61. The van der Waals surface area contributed by atoms with Gasteiger partial charge in [0.05, 0.1) is 30.5 Å². The number of nitrogens with one attached hydrogen (secondary N) is 1. The second kappa shape index (κ2) is 9.75. The van der Waals surface area contributed by atoms with Gasteiger partial charge in [0.25, 0.3) is 5.91 Å². The highest BCUT2D eigenvalue weighted by molar-refractivity contribution is 6.33. The van der Waals surface area contributed by atoms with E-state index in [0.717, 1.165) is 6.42 Å². The van der Waals surface area contributed by atoms with E-state index in [0.29, 0.717) is 17.8 Å². The molecule has 0 aromatic heterocycles. The SMILES string of the molecule is CCCNC(=O)c1ccc(Cl)c(N2C=CC=CC(C(=O)OC)=C2C(=O)OC)c1. The fourth-order valence-corrected chi connectivity index (χ4v) is 2.74. The number of nitrogens with zero attached hydrogens (tertiary/aromatic N) is 1. The van der Waals surface area contributed by atoms with Crippen LogP contribution in [0, 0.1) is 0 Å². The van der Waals surface area contributed by atoms with Crippen LogP contribution in [0.2, 0.25) is 5.02 Å². The molecule has 1 aromatic rings. The number of carbonyl (C=O) groups excluding carboxylic acids is 3. The maximum absolute atomic E-state index is 12.5. The number of anilines is 1. The first-order valence-corrected chi connectivity index (χ1v) is 8.95. The van der Waals surface area contributed by atoms with Crippen LogP contribution in [0.4, 0.5) is 5.69 Å². The molecule has 0 radical (unpaired) electrons. The maximum atomic E-state index is 12.5. The third-order valence-corrected chi connectivity index (χ3v) is 4.21. The van der Waals surface area contributed by atoms with Crippen LogP contribution in [0.25, 0.3) is 0 Å². The Hall–Kier alpha value is -3.06. The Bertz CT molecular complexity index is 873. The summed E-state index contributed by atoms with van der Waals surface area (Å²) in [6, 6.07) is 4.68. The molecule has 0 bridgehead atoms. The van der Waals surface area contributed by atoms with E-state index in [-0.39, 0.29) is 22.2 Å². The van der Waals surface area contributed by atoms with Gasteiger partial charge in [-0.1, -0.05) is 24.6 Å². The van der Waals surface area contributed by atoms with E-state index in [1.165, 1.54) is 25.2 Å². The van der Waals surface area contributed by atoms with Gasteiger partial charge >= 0.3 is 11.9 Å².